The zero-order valence-electron chi connectivity index (χ0n) is 9.93. The molecule has 2 rings (SSSR count). The number of nitrogens with one attached hydrogen (secondary N) is 1. The number of nitrogens with zero attached hydrogens (tertiary/aromatic N) is 2. The van der Waals surface area contributed by atoms with Gasteiger partial charge in [0.2, 0.25) is 0 Å². The highest BCUT2D eigenvalue weighted by molar-refractivity contribution is 5.81. The van der Waals surface area contributed by atoms with Gasteiger partial charge < -0.3 is 21.2 Å². The Bertz CT molecular complexity index is 311. The van der Waals surface area contributed by atoms with E-state index in [9.17, 15) is 4.79 Å². The van der Waals surface area contributed by atoms with E-state index in [1.165, 1.54) is 6.42 Å². The molecule has 2 aliphatic rings. The van der Waals surface area contributed by atoms with Gasteiger partial charge in [0, 0.05) is 25.0 Å². The quantitative estimate of drug-likeness (QED) is 0.288. The van der Waals surface area contributed by atoms with Crippen LogP contribution in [0.5, 0.6) is 0 Å². The van der Waals surface area contributed by atoms with Crippen LogP contribution in [0, 0.1) is 0 Å². The summed E-state index contributed by atoms with van der Waals surface area (Å²) >= 11 is 0. The minimum Gasteiger partial charge on any atom is -0.409 e. The van der Waals surface area contributed by atoms with Crippen LogP contribution < -0.4 is 11.1 Å². The largest absolute Gasteiger partial charge is 0.409 e. The summed E-state index contributed by atoms with van der Waals surface area (Å²) in [7, 11) is 0. The van der Waals surface area contributed by atoms with Crippen molar-refractivity contribution in [2.75, 3.05) is 6.54 Å². The molecule has 4 N–H and O–H groups in total. The maximum absolute atomic E-state index is 12.0. The Morgan fingerprint density at radius 1 is 1.41 bits per heavy atom. The van der Waals surface area contributed by atoms with Crippen molar-refractivity contribution in [1.82, 2.24) is 10.2 Å². The third-order valence-electron chi connectivity index (χ3n) is 3.42. The number of amides is 2. The van der Waals surface area contributed by atoms with Gasteiger partial charge in [-0.3, -0.25) is 0 Å². The fraction of sp³-hybridized carbons (Fsp3) is 0.818. The van der Waals surface area contributed by atoms with Gasteiger partial charge in [-0.05, 0) is 32.1 Å². The standard InChI is InChI=1S/C11H20N4O2/c12-10(14-17)6-7-15(9-4-5-9)11(16)13-8-2-1-3-8/h8-9,17H,1-7H2,(H2,12,14)(H,13,16). The van der Waals surface area contributed by atoms with E-state index >= 15 is 0 Å². The summed E-state index contributed by atoms with van der Waals surface area (Å²) in [6, 6.07) is 0.706. The molecule has 6 heteroatoms. The molecule has 17 heavy (non-hydrogen) atoms. The third-order valence-corrected chi connectivity index (χ3v) is 3.42. The zero-order valence-corrected chi connectivity index (χ0v) is 9.93. The van der Waals surface area contributed by atoms with Crippen LogP contribution in [0.1, 0.15) is 38.5 Å². The van der Waals surface area contributed by atoms with E-state index in [0.29, 0.717) is 25.0 Å². The summed E-state index contributed by atoms with van der Waals surface area (Å²) in [4.78, 5) is 13.8. The predicted octanol–water partition coefficient (Wildman–Crippen LogP) is 0.849. The molecule has 0 unspecified atom stereocenters. The number of amidine groups is 1. The van der Waals surface area contributed by atoms with Gasteiger partial charge in [-0.1, -0.05) is 5.16 Å². The summed E-state index contributed by atoms with van der Waals surface area (Å²) < 4.78 is 0. The van der Waals surface area contributed by atoms with Gasteiger partial charge in [0.05, 0.1) is 0 Å². The SMILES string of the molecule is NC(CCN(C(=O)NC1CCC1)C1CC1)=NO. The van der Waals surface area contributed by atoms with Crippen molar-refractivity contribution in [3.05, 3.63) is 0 Å². The monoisotopic (exact) mass is 240 g/mol. The van der Waals surface area contributed by atoms with Crippen LogP contribution in [0.2, 0.25) is 0 Å². The number of hydrogen-bond acceptors (Lipinski definition) is 3. The van der Waals surface area contributed by atoms with Crippen LogP contribution in [-0.2, 0) is 0 Å². The first kappa shape index (κ1) is 12.0. The lowest BCUT2D eigenvalue weighted by molar-refractivity contribution is 0.184. The fourth-order valence-corrected chi connectivity index (χ4v) is 1.93. The van der Waals surface area contributed by atoms with Gasteiger partial charge in [-0.25, -0.2) is 4.79 Å². The molecule has 96 valence electrons. The molecule has 0 aromatic heterocycles. The van der Waals surface area contributed by atoms with E-state index in [1.54, 1.807) is 0 Å². The third kappa shape index (κ3) is 3.25. The average Bonchev–Trinajstić information content (AvgIpc) is 3.07. The van der Waals surface area contributed by atoms with Crippen molar-refractivity contribution >= 4 is 11.9 Å². The number of carbonyl (C=O) groups excluding carboxylic acids is 1. The van der Waals surface area contributed by atoms with E-state index in [0.717, 1.165) is 25.7 Å². The number of rotatable bonds is 5. The molecule has 0 saturated heterocycles. The molecule has 2 fully saturated rings. The van der Waals surface area contributed by atoms with Crippen LogP contribution in [0.25, 0.3) is 0 Å². The summed E-state index contributed by atoms with van der Waals surface area (Å²) in [5.74, 6) is 0.173. The number of urea groups is 1. The van der Waals surface area contributed by atoms with Crippen LogP contribution in [0.3, 0.4) is 0 Å². The molecular weight excluding hydrogens is 220 g/mol. The van der Waals surface area contributed by atoms with Crippen LogP contribution in [0.4, 0.5) is 4.79 Å². The number of hydrogen-bond donors (Lipinski definition) is 3. The Kier molecular flexibility index (Phi) is 3.71. The highest BCUT2D eigenvalue weighted by Crippen LogP contribution is 2.27. The van der Waals surface area contributed by atoms with Crippen molar-refractivity contribution in [3.8, 4) is 0 Å². The molecule has 0 radical (unpaired) electrons. The second-order valence-electron chi connectivity index (χ2n) is 4.84. The van der Waals surface area contributed by atoms with E-state index in [4.69, 9.17) is 10.9 Å². The fourth-order valence-electron chi connectivity index (χ4n) is 1.93. The topological polar surface area (TPSA) is 91.0 Å². The first-order valence-corrected chi connectivity index (χ1v) is 6.24. The predicted molar refractivity (Wildman–Crippen MR) is 63.9 cm³/mol. The summed E-state index contributed by atoms with van der Waals surface area (Å²) in [5, 5.41) is 14.4. The number of carbonyl (C=O) groups is 1. The number of nitrogens with two attached hydrogens (primary N) is 1. The molecular formula is C11H20N4O2. The Labute approximate surface area is 101 Å². The Balaban J connectivity index is 1.80. The maximum Gasteiger partial charge on any atom is 0.317 e. The van der Waals surface area contributed by atoms with E-state index in [-0.39, 0.29) is 11.9 Å². The maximum atomic E-state index is 12.0. The van der Waals surface area contributed by atoms with E-state index in [2.05, 4.69) is 10.5 Å². The molecule has 0 bridgehead atoms. The zero-order chi connectivity index (χ0) is 12.3. The summed E-state index contributed by atoms with van der Waals surface area (Å²) in [6.07, 6.45) is 5.93. The Morgan fingerprint density at radius 3 is 2.59 bits per heavy atom. The molecule has 0 atom stereocenters. The van der Waals surface area contributed by atoms with Crippen molar-refractivity contribution in [3.63, 3.8) is 0 Å². The van der Waals surface area contributed by atoms with Gasteiger partial charge in [-0.15, -0.1) is 0 Å². The molecule has 2 aliphatic carbocycles. The summed E-state index contributed by atoms with van der Waals surface area (Å²) in [5.41, 5.74) is 5.42. The van der Waals surface area contributed by atoms with Crippen molar-refractivity contribution < 1.29 is 10.0 Å². The average molecular weight is 240 g/mol. The Morgan fingerprint density at radius 2 is 2.12 bits per heavy atom. The molecule has 2 amide bonds. The second kappa shape index (κ2) is 5.25. The minimum atomic E-state index is 0.00272. The smallest absolute Gasteiger partial charge is 0.317 e. The van der Waals surface area contributed by atoms with E-state index < -0.39 is 0 Å². The minimum absolute atomic E-state index is 0.00272. The second-order valence-corrected chi connectivity index (χ2v) is 4.84. The van der Waals surface area contributed by atoms with Crippen molar-refractivity contribution in [1.29, 1.82) is 0 Å². The van der Waals surface area contributed by atoms with Crippen LogP contribution in [0.15, 0.2) is 5.16 Å². The van der Waals surface area contributed by atoms with Gasteiger partial charge in [0.25, 0.3) is 0 Å². The first-order chi connectivity index (χ1) is 8.20. The molecule has 0 aromatic carbocycles. The highest BCUT2D eigenvalue weighted by Gasteiger charge is 2.33. The van der Waals surface area contributed by atoms with Gasteiger partial charge in [0.1, 0.15) is 5.84 Å². The molecule has 0 aliphatic heterocycles. The van der Waals surface area contributed by atoms with E-state index in [1.807, 2.05) is 4.90 Å². The van der Waals surface area contributed by atoms with Gasteiger partial charge in [0.15, 0.2) is 0 Å². The number of oxime groups is 1. The van der Waals surface area contributed by atoms with Gasteiger partial charge >= 0.3 is 6.03 Å². The molecule has 6 nitrogen and oxygen atoms in total. The van der Waals surface area contributed by atoms with Gasteiger partial charge in [-0.2, -0.15) is 0 Å². The normalized spacial score (nSPS) is 20.8. The molecule has 2 saturated carbocycles. The lowest BCUT2D eigenvalue weighted by Gasteiger charge is -2.30. The van der Waals surface area contributed by atoms with Crippen molar-refractivity contribution in [2.45, 2.75) is 50.6 Å². The molecule has 0 spiro atoms. The molecule has 0 heterocycles. The van der Waals surface area contributed by atoms with Crippen LogP contribution in [-0.4, -0.2) is 40.6 Å². The lowest BCUT2D eigenvalue weighted by atomic mass is 9.93. The summed E-state index contributed by atoms with van der Waals surface area (Å²) in [6.45, 7) is 0.527. The lowest BCUT2D eigenvalue weighted by Crippen LogP contribution is -2.48. The first-order valence-electron chi connectivity index (χ1n) is 6.24. The highest BCUT2D eigenvalue weighted by atomic mass is 16.4. The van der Waals surface area contributed by atoms with Crippen molar-refractivity contribution in [2.24, 2.45) is 10.9 Å². The molecule has 0 aromatic rings. The Hall–Kier alpha value is -1.46. The van der Waals surface area contributed by atoms with Crippen LogP contribution >= 0.6 is 0 Å².